The third-order valence-electron chi connectivity index (χ3n) is 4.19. The smallest absolute Gasteiger partial charge is 0.144 e. The van der Waals surface area contributed by atoms with Crippen molar-refractivity contribution in [1.82, 2.24) is 4.98 Å². The molecule has 1 heterocycles. The number of nitrogens with two attached hydrogens (primary N) is 1. The molecule has 19 heavy (non-hydrogen) atoms. The van der Waals surface area contributed by atoms with E-state index >= 15 is 0 Å². The van der Waals surface area contributed by atoms with Gasteiger partial charge in [0.2, 0.25) is 0 Å². The summed E-state index contributed by atoms with van der Waals surface area (Å²) in [5.41, 5.74) is 8.90. The van der Waals surface area contributed by atoms with E-state index in [4.69, 9.17) is 10.7 Å². The van der Waals surface area contributed by atoms with Crippen LogP contribution >= 0.6 is 0 Å². The summed E-state index contributed by atoms with van der Waals surface area (Å²) in [6, 6.07) is 4.55. The maximum Gasteiger partial charge on any atom is 0.144 e. The molecular weight excluding hydrogens is 236 g/mol. The molecule has 4 heteroatoms. The number of aryl methyl sites for hydroxylation is 2. The minimum atomic E-state index is 0.265. The molecule has 0 aromatic carbocycles. The number of hydrogen-bond donors (Lipinski definition) is 2. The van der Waals surface area contributed by atoms with Crippen LogP contribution in [0.5, 0.6) is 0 Å². The van der Waals surface area contributed by atoms with E-state index in [-0.39, 0.29) is 6.04 Å². The average molecular weight is 256 g/mol. The first-order valence-electron chi connectivity index (χ1n) is 7.21. The summed E-state index contributed by atoms with van der Waals surface area (Å²) >= 11 is 0. The summed E-state index contributed by atoms with van der Waals surface area (Å²) in [6.07, 6.45) is 6.98. The van der Waals surface area contributed by atoms with Crippen molar-refractivity contribution in [3.05, 3.63) is 22.9 Å². The Labute approximate surface area is 114 Å². The van der Waals surface area contributed by atoms with E-state index in [0.29, 0.717) is 18.0 Å². The van der Waals surface area contributed by atoms with E-state index in [1.165, 1.54) is 36.9 Å². The van der Waals surface area contributed by atoms with Crippen LogP contribution in [0.2, 0.25) is 0 Å². The SMILES string of the molecule is N#Cc1cc2c(nc1NC(CN)C1CC1)CCCC2. The van der Waals surface area contributed by atoms with Gasteiger partial charge in [-0.15, -0.1) is 0 Å². The standard InChI is InChI=1S/C15H20N4/c16-8-12-7-11-3-1-2-4-13(11)18-15(12)19-14(9-17)10-5-6-10/h7,10,14H,1-6,9,17H2,(H,18,19). The summed E-state index contributed by atoms with van der Waals surface area (Å²) < 4.78 is 0. The van der Waals surface area contributed by atoms with Crippen LogP contribution in [0, 0.1) is 17.2 Å². The van der Waals surface area contributed by atoms with Crippen LogP contribution < -0.4 is 11.1 Å². The van der Waals surface area contributed by atoms with Crippen molar-refractivity contribution in [3.63, 3.8) is 0 Å². The lowest BCUT2D eigenvalue weighted by Crippen LogP contribution is -2.31. The average Bonchev–Trinajstić information content (AvgIpc) is 3.28. The van der Waals surface area contributed by atoms with Gasteiger partial charge in [-0.25, -0.2) is 4.98 Å². The zero-order valence-corrected chi connectivity index (χ0v) is 11.2. The van der Waals surface area contributed by atoms with Crippen molar-refractivity contribution in [2.24, 2.45) is 11.7 Å². The van der Waals surface area contributed by atoms with E-state index < -0.39 is 0 Å². The Kier molecular flexibility index (Phi) is 3.39. The van der Waals surface area contributed by atoms with Crippen molar-refractivity contribution >= 4 is 5.82 Å². The Hall–Kier alpha value is -1.60. The number of nitrogens with zero attached hydrogens (tertiary/aromatic N) is 2. The van der Waals surface area contributed by atoms with Crippen LogP contribution in [-0.2, 0) is 12.8 Å². The van der Waals surface area contributed by atoms with Crippen LogP contribution in [0.3, 0.4) is 0 Å². The van der Waals surface area contributed by atoms with Gasteiger partial charge in [0.15, 0.2) is 0 Å². The van der Waals surface area contributed by atoms with Gasteiger partial charge in [0, 0.05) is 18.3 Å². The molecule has 100 valence electrons. The first-order valence-corrected chi connectivity index (χ1v) is 7.21. The number of anilines is 1. The molecule has 0 amide bonds. The van der Waals surface area contributed by atoms with E-state index in [1.807, 2.05) is 6.07 Å². The molecule has 2 aliphatic rings. The number of nitrogens with one attached hydrogen (secondary N) is 1. The van der Waals surface area contributed by atoms with E-state index in [0.717, 1.165) is 18.7 Å². The summed E-state index contributed by atoms with van der Waals surface area (Å²) in [5.74, 6) is 1.40. The highest BCUT2D eigenvalue weighted by Crippen LogP contribution is 2.34. The van der Waals surface area contributed by atoms with Gasteiger partial charge in [-0.2, -0.15) is 5.26 Å². The molecule has 3 rings (SSSR count). The number of nitriles is 1. The number of pyridine rings is 1. The van der Waals surface area contributed by atoms with E-state index in [2.05, 4.69) is 11.4 Å². The van der Waals surface area contributed by atoms with E-state index in [9.17, 15) is 5.26 Å². The molecule has 1 atom stereocenters. The van der Waals surface area contributed by atoms with Crippen LogP contribution in [0.4, 0.5) is 5.82 Å². The molecule has 0 aliphatic heterocycles. The predicted molar refractivity (Wildman–Crippen MR) is 74.8 cm³/mol. The second-order valence-corrected chi connectivity index (χ2v) is 5.63. The van der Waals surface area contributed by atoms with Crippen molar-refractivity contribution in [2.75, 3.05) is 11.9 Å². The Bertz CT molecular complexity index is 514. The monoisotopic (exact) mass is 256 g/mol. The van der Waals surface area contributed by atoms with Gasteiger partial charge in [-0.3, -0.25) is 0 Å². The molecule has 1 saturated carbocycles. The van der Waals surface area contributed by atoms with Crippen LogP contribution in [0.15, 0.2) is 6.07 Å². The molecule has 1 aromatic rings. The van der Waals surface area contributed by atoms with Gasteiger partial charge in [0.1, 0.15) is 11.9 Å². The topological polar surface area (TPSA) is 74.7 Å². The van der Waals surface area contributed by atoms with Crippen molar-refractivity contribution in [2.45, 2.75) is 44.6 Å². The number of aromatic nitrogens is 1. The molecular formula is C15H20N4. The minimum absolute atomic E-state index is 0.265. The number of hydrogen-bond acceptors (Lipinski definition) is 4. The molecule has 4 nitrogen and oxygen atoms in total. The largest absolute Gasteiger partial charge is 0.365 e. The Morgan fingerprint density at radius 2 is 2.21 bits per heavy atom. The quantitative estimate of drug-likeness (QED) is 0.863. The molecule has 0 bridgehead atoms. The lowest BCUT2D eigenvalue weighted by Gasteiger charge is -2.21. The van der Waals surface area contributed by atoms with Crippen LogP contribution in [0.25, 0.3) is 0 Å². The third kappa shape index (κ3) is 2.57. The summed E-state index contributed by atoms with van der Waals surface area (Å²) in [6.45, 7) is 0.605. The van der Waals surface area contributed by atoms with Crippen LogP contribution in [-0.4, -0.2) is 17.6 Å². The van der Waals surface area contributed by atoms with Gasteiger partial charge in [-0.05, 0) is 56.1 Å². The summed E-state index contributed by atoms with van der Waals surface area (Å²) in [5, 5.41) is 12.7. The highest BCUT2D eigenvalue weighted by atomic mass is 15.0. The normalized spacial score (nSPS) is 19.4. The first-order chi connectivity index (χ1) is 9.31. The number of fused-ring (bicyclic) bond motifs is 1. The molecule has 3 N–H and O–H groups in total. The highest BCUT2D eigenvalue weighted by Gasteiger charge is 2.31. The molecule has 2 aliphatic carbocycles. The molecule has 0 radical (unpaired) electrons. The second kappa shape index (κ2) is 5.18. The van der Waals surface area contributed by atoms with Gasteiger partial charge in [0.05, 0.1) is 5.56 Å². The fourth-order valence-electron chi connectivity index (χ4n) is 2.87. The van der Waals surface area contributed by atoms with Gasteiger partial charge in [0.25, 0.3) is 0 Å². The van der Waals surface area contributed by atoms with Gasteiger partial charge in [-0.1, -0.05) is 0 Å². The Balaban J connectivity index is 1.88. The van der Waals surface area contributed by atoms with E-state index in [1.54, 1.807) is 0 Å². The van der Waals surface area contributed by atoms with Crippen molar-refractivity contribution in [3.8, 4) is 6.07 Å². The molecule has 0 spiro atoms. The van der Waals surface area contributed by atoms with Gasteiger partial charge < -0.3 is 11.1 Å². The minimum Gasteiger partial charge on any atom is -0.365 e. The summed E-state index contributed by atoms with van der Waals surface area (Å²) in [4.78, 5) is 4.69. The lowest BCUT2D eigenvalue weighted by molar-refractivity contribution is 0.636. The number of rotatable bonds is 4. The second-order valence-electron chi connectivity index (χ2n) is 5.63. The third-order valence-corrected chi connectivity index (χ3v) is 4.19. The Morgan fingerprint density at radius 3 is 2.89 bits per heavy atom. The lowest BCUT2D eigenvalue weighted by atomic mass is 9.95. The van der Waals surface area contributed by atoms with Crippen molar-refractivity contribution in [1.29, 1.82) is 5.26 Å². The maximum atomic E-state index is 9.30. The molecule has 1 aromatic heterocycles. The maximum absolute atomic E-state index is 9.30. The van der Waals surface area contributed by atoms with Crippen LogP contribution in [0.1, 0.15) is 42.5 Å². The zero-order valence-electron chi connectivity index (χ0n) is 11.2. The fourth-order valence-corrected chi connectivity index (χ4v) is 2.87. The highest BCUT2D eigenvalue weighted by molar-refractivity contribution is 5.55. The molecule has 1 unspecified atom stereocenters. The fraction of sp³-hybridized carbons (Fsp3) is 0.600. The zero-order chi connectivity index (χ0) is 13.2. The molecule has 1 fully saturated rings. The summed E-state index contributed by atoms with van der Waals surface area (Å²) in [7, 11) is 0. The van der Waals surface area contributed by atoms with Gasteiger partial charge >= 0.3 is 0 Å². The Morgan fingerprint density at radius 1 is 1.42 bits per heavy atom. The first kappa shape index (κ1) is 12.4. The predicted octanol–water partition coefficient (Wildman–Crippen LogP) is 1.98. The van der Waals surface area contributed by atoms with Crippen molar-refractivity contribution < 1.29 is 0 Å². The molecule has 0 saturated heterocycles.